The van der Waals surface area contributed by atoms with Crippen molar-refractivity contribution in [3.05, 3.63) is 63.6 Å². The van der Waals surface area contributed by atoms with Crippen LogP contribution in [0.5, 0.6) is 5.75 Å². The fourth-order valence-corrected chi connectivity index (χ4v) is 3.40. The maximum atomic E-state index is 11.9. The van der Waals surface area contributed by atoms with Gasteiger partial charge in [-0.25, -0.2) is 4.79 Å². The van der Waals surface area contributed by atoms with Gasteiger partial charge in [-0.15, -0.1) is 0 Å². The Morgan fingerprint density at radius 3 is 2.73 bits per heavy atom. The summed E-state index contributed by atoms with van der Waals surface area (Å²) in [7, 11) is 1.34. The number of carbonyl (C=O) groups is 1. The molecule has 114 valence electrons. The molecule has 0 saturated heterocycles. The Kier molecular flexibility index (Phi) is 3.93. The third-order valence-electron chi connectivity index (χ3n) is 4.04. The van der Waals surface area contributed by atoms with E-state index in [9.17, 15) is 9.90 Å². The molecule has 5 heteroatoms. The second kappa shape index (κ2) is 5.74. The predicted molar refractivity (Wildman–Crippen MR) is 85.3 cm³/mol. The van der Waals surface area contributed by atoms with Crippen LogP contribution in [0, 0.1) is 0 Å². The number of hydrogen-bond donors (Lipinski definition) is 1. The topological polar surface area (TPSA) is 55.8 Å². The van der Waals surface area contributed by atoms with Crippen LogP contribution in [-0.2, 0) is 10.2 Å². The zero-order valence-electron chi connectivity index (χ0n) is 12.0. The van der Waals surface area contributed by atoms with Gasteiger partial charge in [-0.05, 0) is 33.6 Å². The number of rotatable bonds is 3. The van der Waals surface area contributed by atoms with Crippen LogP contribution in [0.15, 0.2) is 46.9 Å². The first-order valence-electron chi connectivity index (χ1n) is 6.84. The molecular weight excluding hydrogens is 348 g/mol. The molecule has 1 aliphatic rings. The van der Waals surface area contributed by atoms with Crippen molar-refractivity contribution in [2.24, 2.45) is 0 Å². The van der Waals surface area contributed by atoms with Crippen LogP contribution in [-0.4, -0.2) is 31.4 Å². The SMILES string of the molecule is COC(=O)c1cc(Br)c2c(c1)[C@@](CO)(c1ccccc1)CO2. The van der Waals surface area contributed by atoms with Crippen molar-refractivity contribution >= 4 is 21.9 Å². The molecule has 0 fully saturated rings. The van der Waals surface area contributed by atoms with E-state index in [1.807, 2.05) is 30.3 Å². The normalized spacial score (nSPS) is 19.4. The van der Waals surface area contributed by atoms with Crippen molar-refractivity contribution in [3.63, 3.8) is 0 Å². The molecule has 0 amide bonds. The maximum absolute atomic E-state index is 11.9. The summed E-state index contributed by atoms with van der Waals surface area (Å²) >= 11 is 3.43. The molecule has 1 aliphatic heterocycles. The van der Waals surface area contributed by atoms with Crippen LogP contribution >= 0.6 is 15.9 Å². The first-order chi connectivity index (χ1) is 10.6. The van der Waals surface area contributed by atoms with Crippen molar-refractivity contribution in [1.82, 2.24) is 0 Å². The molecule has 2 aromatic rings. The summed E-state index contributed by atoms with van der Waals surface area (Å²) in [5, 5.41) is 10.1. The van der Waals surface area contributed by atoms with Crippen LogP contribution in [0.25, 0.3) is 0 Å². The number of carbonyl (C=O) groups excluding carboxylic acids is 1. The van der Waals surface area contributed by atoms with Crippen LogP contribution in [0.4, 0.5) is 0 Å². The van der Waals surface area contributed by atoms with E-state index in [2.05, 4.69) is 15.9 Å². The third-order valence-corrected chi connectivity index (χ3v) is 4.63. The van der Waals surface area contributed by atoms with E-state index < -0.39 is 11.4 Å². The smallest absolute Gasteiger partial charge is 0.337 e. The van der Waals surface area contributed by atoms with E-state index in [4.69, 9.17) is 9.47 Å². The second-order valence-corrected chi connectivity index (χ2v) is 6.08. The molecule has 22 heavy (non-hydrogen) atoms. The highest BCUT2D eigenvalue weighted by atomic mass is 79.9. The summed E-state index contributed by atoms with van der Waals surface area (Å²) in [6.07, 6.45) is 0. The number of hydrogen-bond acceptors (Lipinski definition) is 4. The van der Waals surface area contributed by atoms with Crippen molar-refractivity contribution in [3.8, 4) is 5.75 Å². The zero-order chi connectivity index (χ0) is 15.7. The molecular formula is C17H15BrO4. The summed E-state index contributed by atoms with van der Waals surface area (Å²) in [5.74, 6) is 0.237. The van der Waals surface area contributed by atoms with Crippen LogP contribution in [0.2, 0.25) is 0 Å². The number of methoxy groups -OCH3 is 1. The largest absolute Gasteiger partial charge is 0.491 e. The lowest BCUT2D eigenvalue weighted by Crippen LogP contribution is -2.33. The Bertz CT molecular complexity index is 714. The summed E-state index contributed by atoms with van der Waals surface area (Å²) in [4.78, 5) is 11.9. The summed E-state index contributed by atoms with van der Waals surface area (Å²) in [5.41, 5.74) is 1.48. The number of aliphatic hydroxyl groups is 1. The average molecular weight is 363 g/mol. The molecule has 3 rings (SSSR count). The Labute approximate surface area is 136 Å². The number of halogens is 1. The Hall–Kier alpha value is -1.85. The molecule has 1 atom stereocenters. The number of benzene rings is 2. The molecule has 2 aromatic carbocycles. The predicted octanol–water partition coefficient (Wildman–Crippen LogP) is 2.91. The van der Waals surface area contributed by atoms with E-state index in [-0.39, 0.29) is 6.61 Å². The van der Waals surface area contributed by atoms with Gasteiger partial charge in [-0.1, -0.05) is 30.3 Å². The Morgan fingerprint density at radius 1 is 1.36 bits per heavy atom. The van der Waals surface area contributed by atoms with Gasteiger partial charge >= 0.3 is 5.97 Å². The van der Waals surface area contributed by atoms with Crippen LogP contribution in [0.1, 0.15) is 21.5 Å². The van der Waals surface area contributed by atoms with Crippen molar-refractivity contribution in [1.29, 1.82) is 0 Å². The summed E-state index contributed by atoms with van der Waals surface area (Å²) < 4.78 is 11.3. The highest BCUT2D eigenvalue weighted by Gasteiger charge is 2.43. The first kappa shape index (κ1) is 15.1. The lowest BCUT2D eigenvalue weighted by atomic mass is 9.76. The molecule has 4 nitrogen and oxygen atoms in total. The summed E-state index contributed by atoms with van der Waals surface area (Å²) in [6.45, 7) is 0.215. The lowest BCUT2D eigenvalue weighted by Gasteiger charge is -2.26. The number of ether oxygens (including phenoxy) is 2. The standard InChI is InChI=1S/C17H15BrO4/c1-21-16(20)11-7-13-15(14(18)8-11)22-10-17(13,9-19)12-5-3-2-4-6-12/h2-8,19H,9-10H2,1H3/t17-/m1/s1. The van der Waals surface area contributed by atoms with Crippen molar-refractivity contribution < 1.29 is 19.4 Å². The van der Waals surface area contributed by atoms with Gasteiger partial charge < -0.3 is 14.6 Å². The van der Waals surface area contributed by atoms with Crippen LogP contribution in [0.3, 0.4) is 0 Å². The van der Waals surface area contributed by atoms with Gasteiger partial charge in [0.25, 0.3) is 0 Å². The van der Waals surface area contributed by atoms with E-state index in [1.165, 1.54) is 7.11 Å². The molecule has 0 unspecified atom stereocenters. The second-order valence-electron chi connectivity index (χ2n) is 5.22. The Morgan fingerprint density at radius 2 is 2.09 bits per heavy atom. The number of aliphatic hydroxyl groups excluding tert-OH is 1. The Balaban J connectivity index is 2.21. The van der Waals surface area contributed by atoms with Gasteiger partial charge in [0.05, 0.1) is 29.2 Å². The van der Waals surface area contributed by atoms with Crippen molar-refractivity contribution in [2.75, 3.05) is 20.3 Å². The van der Waals surface area contributed by atoms with E-state index >= 15 is 0 Å². The van der Waals surface area contributed by atoms with Gasteiger partial charge in [0.15, 0.2) is 0 Å². The van der Waals surface area contributed by atoms with Gasteiger partial charge in [0, 0.05) is 5.56 Å². The maximum Gasteiger partial charge on any atom is 0.337 e. The lowest BCUT2D eigenvalue weighted by molar-refractivity contribution is 0.0600. The number of fused-ring (bicyclic) bond motifs is 1. The zero-order valence-corrected chi connectivity index (χ0v) is 13.6. The molecule has 0 aliphatic carbocycles. The summed E-state index contributed by atoms with van der Waals surface area (Å²) in [6, 6.07) is 13.1. The first-order valence-corrected chi connectivity index (χ1v) is 7.63. The number of esters is 1. The van der Waals surface area contributed by atoms with Crippen molar-refractivity contribution in [2.45, 2.75) is 5.41 Å². The van der Waals surface area contributed by atoms with Crippen LogP contribution < -0.4 is 4.74 Å². The molecule has 0 saturated carbocycles. The van der Waals surface area contributed by atoms with Gasteiger partial charge in [-0.2, -0.15) is 0 Å². The molecule has 1 heterocycles. The minimum absolute atomic E-state index is 0.110. The molecule has 0 radical (unpaired) electrons. The molecule has 0 aromatic heterocycles. The van der Waals surface area contributed by atoms with E-state index in [0.717, 1.165) is 11.1 Å². The minimum Gasteiger partial charge on any atom is -0.491 e. The minimum atomic E-state index is -0.677. The van der Waals surface area contributed by atoms with Gasteiger partial charge in [0.2, 0.25) is 0 Å². The van der Waals surface area contributed by atoms with E-state index in [0.29, 0.717) is 22.4 Å². The fourth-order valence-electron chi connectivity index (χ4n) is 2.82. The molecule has 0 spiro atoms. The van der Waals surface area contributed by atoms with E-state index in [1.54, 1.807) is 12.1 Å². The monoisotopic (exact) mass is 362 g/mol. The average Bonchev–Trinajstić information content (AvgIpc) is 2.95. The fraction of sp³-hybridized carbons (Fsp3) is 0.235. The quantitative estimate of drug-likeness (QED) is 0.853. The van der Waals surface area contributed by atoms with Gasteiger partial charge in [0.1, 0.15) is 12.4 Å². The highest BCUT2D eigenvalue weighted by Crippen LogP contribution is 2.47. The molecule has 1 N–H and O–H groups in total. The molecule has 0 bridgehead atoms. The third kappa shape index (κ3) is 2.21. The highest BCUT2D eigenvalue weighted by molar-refractivity contribution is 9.10. The van der Waals surface area contributed by atoms with Gasteiger partial charge in [-0.3, -0.25) is 0 Å².